The summed E-state index contributed by atoms with van der Waals surface area (Å²) in [4.78, 5) is 13.5. The van der Waals surface area contributed by atoms with E-state index in [-0.39, 0.29) is 18.1 Å². The molecule has 2 aliphatic rings. The van der Waals surface area contributed by atoms with Crippen LogP contribution >= 0.6 is 0 Å². The lowest BCUT2D eigenvalue weighted by molar-refractivity contribution is -0.142. The molecule has 4 heteroatoms. The maximum absolute atomic E-state index is 11.2. The molecule has 0 radical (unpaired) electrons. The van der Waals surface area contributed by atoms with Crippen molar-refractivity contribution in [1.82, 2.24) is 10.2 Å². The molecule has 2 aliphatic heterocycles. The molecule has 20 heavy (non-hydrogen) atoms. The van der Waals surface area contributed by atoms with Gasteiger partial charge in [-0.25, -0.2) is 0 Å². The standard InChI is InChI=1S/C16H20N2O2/c19-15-11-20-16(12-17-15)8-10-18(13-16)9-4-7-14-5-2-1-3-6-14/h1-7H,8-13H2,(H,17,19)/b7-4+. The van der Waals surface area contributed by atoms with Crippen molar-refractivity contribution in [2.75, 3.05) is 32.8 Å². The van der Waals surface area contributed by atoms with Crippen LogP contribution in [0.15, 0.2) is 36.4 Å². The Morgan fingerprint density at radius 1 is 1.35 bits per heavy atom. The minimum absolute atomic E-state index is 0.00181. The maximum atomic E-state index is 11.2. The molecule has 0 aliphatic carbocycles. The molecule has 2 saturated heterocycles. The number of morpholine rings is 1. The van der Waals surface area contributed by atoms with Gasteiger partial charge in [0.25, 0.3) is 0 Å². The summed E-state index contributed by atoms with van der Waals surface area (Å²) in [6, 6.07) is 10.3. The van der Waals surface area contributed by atoms with Crippen LogP contribution in [-0.4, -0.2) is 49.2 Å². The molecule has 1 atom stereocenters. The Morgan fingerprint density at radius 3 is 2.95 bits per heavy atom. The number of nitrogens with one attached hydrogen (secondary N) is 1. The first-order valence-corrected chi connectivity index (χ1v) is 7.10. The van der Waals surface area contributed by atoms with Crippen LogP contribution in [-0.2, 0) is 9.53 Å². The van der Waals surface area contributed by atoms with E-state index in [1.165, 1.54) is 5.56 Å². The molecule has 1 spiro atoms. The molecule has 1 aromatic rings. The summed E-state index contributed by atoms with van der Waals surface area (Å²) in [7, 11) is 0. The van der Waals surface area contributed by atoms with E-state index in [1.54, 1.807) is 0 Å². The highest BCUT2D eigenvalue weighted by Gasteiger charge is 2.41. The Balaban J connectivity index is 1.51. The third-order valence-corrected chi connectivity index (χ3v) is 3.99. The Hall–Kier alpha value is -1.65. The Morgan fingerprint density at radius 2 is 2.20 bits per heavy atom. The van der Waals surface area contributed by atoms with Gasteiger partial charge in [-0.2, -0.15) is 0 Å². The number of nitrogens with zero attached hydrogens (tertiary/aromatic N) is 1. The van der Waals surface area contributed by atoms with Gasteiger partial charge in [0, 0.05) is 26.2 Å². The van der Waals surface area contributed by atoms with Crippen molar-refractivity contribution in [1.29, 1.82) is 0 Å². The zero-order valence-electron chi connectivity index (χ0n) is 11.5. The zero-order valence-corrected chi connectivity index (χ0v) is 11.5. The Labute approximate surface area is 119 Å². The van der Waals surface area contributed by atoms with Crippen molar-refractivity contribution in [3.05, 3.63) is 42.0 Å². The van der Waals surface area contributed by atoms with Gasteiger partial charge in [-0.3, -0.25) is 9.69 Å². The summed E-state index contributed by atoms with van der Waals surface area (Å²) in [5.74, 6) is -0.00181. The summed E-state index contributed by atoms with van der Waals surface area (Å²) >= 11 is 0. The second-order valence-electron chi connectivity index (χ2n) is 5.55. The summed E-state index contributed by atoms with van der Waals surface area (Å²) in [6.45, 7) is 3.69. The SMILES string of the molecule is O=C1COC2(CCN(C/C=C/c3ccccc3)C2)CN1. The average Bonchev–Trinajstić information content (AvgIpc) is 2.87. The van der Waals surface area contributed by atoms with E-state index in [0.29, 0.717) is 6.54 Å². The number of hydrogen-bond acceptors (Lipinski definition) is 3. The molecule has 1 N–H and O–H groups in total. The predicted octanol–water partition coefficient (Wildman–Crippen LogP) is 1.29. The van der Waals surface area contributed by atoms with Crippen LogP contribution < -0.4 is 5.32 Å². The second-order valence-corrected chi connectivity index (χ2v) is 5.55. The molecule has 3 rings (SSSR count). The Bertz CT molecular complexity index is 488. The van der Waals surface area contributed by atoms with Crippen LogP contribution in [0.1, 0.15) is 12.0 Å². The summed E-state index contributed by atoms with van der Waals surface area (Å²) < 4.78 is 5.76. The van der Waals surface area contributed by atoms with Crippen molar-refractivity contribution < 1.29 is 9.53 Å². The van der Waals surface area contributed by atoms with Crippen LogP contribution in [0.3, 0.4) is 0 Å². The fraction of sp³-hybridized carbons (Fsp3) is 0.438. The highest BCUT2D eigenvalue weighted by Crippen LogP contribution is 2.26. The van der Waals surface area contributed by atoms with Crippen molar-refractivity contribution in [2.24, 2.45) is 0 Å². The van der Waals surface area contributed by atoms with Crippen LogP contribution in [0.2, 0.25) is 0 Å². The number of carbonyl (C=O) groups excluding carboxylic acids is 1. The first kappa shape index (κ1) is 13.3. The number of hydrogen-bond donors (Lipinski definition) is 1. The van der Waals surface area contributed by atoms with E-state index in [0.717, 1.165) is 26.1 Å². The summed E-state index contributed by atoms with van der Waals surface area (Å²) in [5.41, 5.74) is 1.07. The van der Waals surface area contributed by atoms with Crippen LogP contribution in [0.4, 0.5) is 0 Å². The molecule has 1 aromatic carbocycles. The van der Waals surface area contributed by atoms with Crippen molar-refractivity contribution in [2.45, 2.75) is 12.0 Å². The molecular formula is C16H20N2O2. The second kappa shape index (κ2) is 5.77. The van der Waals surface area contributed by atoms with Gasteiger partial charge in [0.1, 0.15) is 6.61 Å². The third kappa shape index (κ3) is 3.08. The van der Waals surface area contributed by atoms with E-state index in [9.17, 15) is 4.79 Å². The molecule has 1 amide bonds. The fourth-order valence-corrected chi connectivity index (χ4v) is 2.83. The fourth-order valence-electron chi connectivity index (χ4n) is 2.83. The van der Waals surface area contributed by atoms with Gasteiger partial charge in [-0.1, -0.05) is 42.5 Å². The van der Waals surface area contributed by atoms with Crippen molar-refractivity contribution in [3.8, 4) is 0 Å². The predicted molar refractivity (Wildman–Crippen MR) is 78.2 cm³/mol. The number of benzene rings is 1. The van der Waals surface area contributed by atoms with Crippen LogP contribution in [0.25, 0.3) is 6.08 Å². The Kier molecular flexibility index (Phi) is 3.85. The molecule has 0 aromatic heterocycles. The molecule has 1 unspecified atom stereocenters. The van der Waals surface area contributed by atoms with Gasteiger partial charge in [0.2, 0.25) is 5.91 Å². The van der Waals surface area contributed by atoms with Gasteiger partial charge in [-0.05, 0) is 12.0 Å². The topological polar surface area (TPSA) is 41.6 Å². The van der Waals surface area contributed by atoms with E-state index in [2.05, 4.69) is 34.5 Å². The van der Waals surface area contributed by atoms with Gasteiger partial charge < -0.3 is 10.1 Å². The molecule has 4 nitrogen and oxygen atoms in total. The van der Waals surface area contributed by atoms with E-state index in [1.807, 2.05) is 18.2 Å². The number of rotatable bonds is 3. The third-order valence-electron chi connectivity index (χ3n) is 3.99. The molecule has 2 fully saturated rings. The minimum Gasteiger partial charge on any atom is -0.362 e. The lowest BCUT2D eigenvalue weighted by Gasteiger charge is -2.33. The largest absolute Gasteiger partial charge is 0.362 e. The van der Waals surface area contributed by atoms with Gasteiger partial charge in [-0.15, -0.1) is 0 Å². The number of ether oxygens (including phenoxy) is 1. The zero-order chi connectivity index (χ0) is 13.8. The smallest absolute Gasteiger partial charge is 0.246 e. The molecule has 2 heterocycles. The molecular weight excluding hydrogens is 252 g/mol. The van der Waals surface area contributed by atoms with E-state index >= 15 is 0 Å². The highest BCUT2D eigenvalue weighted by molar-refractivity contribution is 5.78. The lowest BCUT2D eigenvalue weighted by atomic mass is 10.0. The number of carbonyl (C=O) groups is 1. The lowest BCUT2D eigenvalue weighted by Crippen LogP contribution is -2.53. The minimum atomic E-state index is -0.158. The highest BCUT2D eigenvalue weighted by atomic mass is 16.5. The van der Waals surface area contributed by atoms with Crippen molar-refractivity contribution >= 4 is 12.0 Å². The summed E-state index contributed by atoms with van der Waals surface area (Å²) in [5, 5.41) is 2.91. The first-order valence-electron chi connectivity index (χ1n) is 7.10. The normalized spacial score (nSPS) is 27.3. The molecule has 0 saturated carbocycles. The monoisotopic (exact) mass is 272 g/mol. The van der Waals surface area contributed by atoms with Crippen LogP contribution in [0, 0.1) is 0 Å². The molecule has 106 valence electrons. The average molecular weight is 272 g/mol. The van der Waals surface area contributed by atoms with Gasteiger partial charge in [0.05, 0.1) is 5.60 Å². The quantitative estimate of drug-likeness (QED) is 0.901. The van der Waals surface area contributed by atoms with E-state index < -0.39 is 0 Å². The van der Waals surface area contributed by atoms with Crippen LogP contribution in [0.5, 0.6) is 0 Å². The van der Waals surface area contributed by atoms with E-state index in [4.69, 9.17) is 4.74 Å². The molecule has 0 bridgehead atoms. The maximum Gasteiger partial charge on any atom is 0.246 e. The van der Waals surface area contributed by atoms with Gasteiger partial charge in [0.15, 0.2) is 0 Å². The summed E-state index contributed by atoms with van der Waals surface area (Å²) in [6.07, 6.45) is 5.33. The van der Waals surface area contributed by atoms with Crippen molar-refractivity contribution in [3.63, 3.8) is 0 Å². The van der Waals surface area contributed by atoms with Gasteiger partial charge >= 0.3 is 0 Å². The number of likely N-dealkylation sites (tertiary alicyclic amines) is 1. The first-order chi connectivity index (χ1) is 9.76. The number of amides is 1.